The zero-order valence-corrected chi connectivity index (χ0v) is 12.6. The van der Waals surface area contributed by atoms with Gasteiger partial charge in [0.2, 0.25) is 0 Å². The summed E-state index contributed by atoms with van der Waals surface area (Å²) in [6.07, 6.45) is 3.47. The fourth-order valence-corrected chi connectivity index (χ4v) is 2.17. The molecule has 6 nitrogen and oxygen atoms in total. The lowest BCUT2D eigenvalue weighted by atomic mass is 10.1. The highest BCUT2D eigenvalue weighted by Crippen LogP contribution is 2.25. The molecule has 2 rings (SSSR count). The van der Waals surface area contributed by atoms with Gasteiger partial charge < -0.3 is 5.11 Å². The standard InChI is InChI=1S/C16H19N3O3/c1-12(2)18(10-13-5-7-17-8-6-13)11-14-9-15(19(21)22)3-4-16(14)20/h3-9,12,20H,10-11H2,1-2H3. The largest absolute Gasteiger partial charge is 0.508 e. The average Bonchev–Trinajstić information content (AvgIpc) is 2.49. The molecular weight excluding hydrogens is 282 g/mol. The Morgan fingerprint density at radius 2 is 1.91 bits per heavy atom. The molecule has 0 saturated carbocycles. The molecule has 1 N–H and O–H groups in total. The molecule has 0 amide bonds. The third-order valence-corrected chi connectivity index (χ3v) is 3.51. The number of pyridine rings is 1. The number of aromatic hydroxyl groups is 1. The molecule has 1 heterocycles. The van der Waals surface area contributed by atoms with Crippen LogP contribution in [0.4, 0.5) is 5.69 Å². The summed E-state index contributed by atoms with van der Waals surface area (Å²) in [5, 5.41) is 20.8. The van der Waals surface area contributed by atoms with Crippen molar-refractivity contribution in [3.05, 3.63) is 64.0 Å². The van der Waals surface area contributed by atoms with E-state index >= 15 is 0 Å². The first-order valence-corrected chi connectivity index (χ1v) is 7.06. The molecule has 0 radical (unpaired) electrons. The van der Waals surface area contributed by atoms with Crippen LogP contribution in [0.15, 0.2) is 42.7 Å². The second-order valence-electron chi connectivity index (χ2n) is 5.42. The quantitative estimate of drug-likeness (QED) is 0.655. The van der Waals surface area contributed by atoms with Crippen molar-refractivity contribution in [1.82, 2.24) is 9.88 Å². The number of nitro groups is 1. The highest BCUT2D eigenvalue weighted by atomic mass is 16.6. The van der Waals surface area contributed by atoms with Crippen molar-refractivity contribution in [3.8, 4) is 5.75 Å². The minimum absolute atomic E-state index is 0.0135. The van der Waals surface area contributed by atoms with Gasteiger partial charge in [0, 0.05) is 49.2 Å². The summed E-state index contributed by atoms with van der Waals surface area (Å²) < 4.78 is 0. The van der Waals surface area contributed by atoms with Crippen molar-refractivity contribution >= 4 is 5.69 Å². The molecular formula is C16H19N3O3. The molecule has 0 atom stereocenters. The summed E-state index contributed by atoms with van der Waals surface area (Å²) >= 11 is 0. The first kappa shape index (κ1) is 15.9. The van der Waals surface area contributed by atoms with Crippen LogP contribution < -0.4 is 0 Å². The molecule has 1 aromatic carbocycles. The zero-order valence-electron chi connectivity index (χ0n) is 12.6. The number of aromatic nitrogens is 1. The zero-order chi connectivity index (χ0) is 16.1. The van der Waals surface area contributed by atoms with E-state index in [1.54, 1.807) is 12.4 Å². The van der Waals surface area contributed by atoms with Gasteiger partial charge in [-0.25, -0.2) is 0 Å². The first-order chi connectivity index (χ1) is 10.5. The van der Waals surface area contributed by atoms with Crippen molar-refractivity contribution in [2.45, 2.75) is 33.0 Å². The molecule has 22 heavy (non-hydrogen) atoms. The minimum Gasteiger partial charge on any atom is -0.508 e. The summed E-state index contributed by atoms with van der Waals surface area (Å²) in [5.41, 5.74) is 1.64. The van der Waals surface area contributed by atoms with E-state index in [1.165, 1.54) is 18.2 Å². The summed E-state index contributed by atoms with van der Waals surface area (Å²) in [5.74, 6) is 0.0750. The Labute approximate surface area is 129 Å². The van der Waals surface area contributed by atoms with Crippen LogP contribution in [-0.2, 0) is 13.1 Å². The lowest BCUT2D eigenvalue weighted by Crippen LogP contribution is -2.29. The number of benzene rings is 1. The Kier molecular flexibility index (Phi) is 5.06. The topological polar surface area (TPSA) is 79.5 Å². The lowest BCUT2D eigenvalue weighted by molar-refractivity contribution is -0.385. The maximum atomic E-state index is 10.9. The number of non-ortho nitro benzene ring substituents is 1. The normalized spacial score (nSPS) is 11.1. The van der Waals surface area contributed by atoms with Gasteiger partial charge in [0.05, 0.1) is 4.92 Å². The number of phenols is 1. The Hall–Kier alpha value is -2.47. The Bertz CT molecular complexity index is 644. The van der Waals surface area contributed by atoms with Gasteiger partial charge in [-0.15, -0.1) is 0 Å². The Morgan fingerprint density at radius 3 is 2.50 bits per heavy atom. The van der Waals surface area contributed by atoms with Crippen LogP contribution in [0.25, 0.3) is 0 Å². The van der Waals surface area contributed by atoms with Crippen molar-refractivity contribution < 1.29 is 10.0 Å². The summed E-state index contributed by atoms with van der Waals surface area (Å²) in [7, 11) is 0. The molecule has 2 aromatic rings. The molecule has 0 unspecified atom stereocenters. The summed E-state index contributed by atoms with van der Waals surface area (Å²) in [6.45, 7) is 5.22. The molecule has 0 spiro atoms. The van der Waals surface area contributed by atoms with Gasteiger partial charge in [-0.3, -0.25) is 20.0 Å². The van der Waals surface area contributed by atoms with Crippen LogP contribution in [0.2, 0.25) is 0 Å². The monoisotopic (exact) mass is 301 g/mol. The third-order valence-electron chi connectivity index (χ3n) is 3.51. The van der Waals surface area contributed by atoms with Gasteiger partial charge in [-0.2, -0.15) is 0 Å². The van der Waals surface area contributed by atoms with Gasteiger partial charge in [-0.05, 0) is 37.6 Å². The van der Waals surface area contributed by atoms with Gasteiger partial charge in [0.15, 0.2) is 0 Å². The second kappa shape index (κ2) is 7.00. The maximum absolute atomic E-state index is 10.9. The van der Waals surface area contributed by atoms with Crippen LogP contribution >= 0.6 is 0 Å². The SMILES string of the molecule is CC(C)N(Cc1ccncc1)Cc1cc([N+](=O)[O-])ccc1O. The molecule has 0 aliphatic rings. The Balaban J connectivity index is 2.21. The molecule has 0 bridgehead atoms. The van der Waals surface area contributed by atoms with E-state index in [1.807, 2.05) is 12.1 Å². The molecule has 0 saturated heterocycles. The van der Waals surface area contributed by atoms with Gasteiger partial charge in [0.1, 0.15) is 5.75 Å². The van der Waals surface area contributed by atoms with Gasteiger partial charge in [-0.1, -0.05) is 0 Å². The average molecular weight is 301 g/mol. The molecule has 0 aliphatic heterocycles. The van der Waals surface area contributed by atoms with Crippen LogP contribution in [0.1, 0.15) is 25.0 Å². The smallest absolute Gasteiger partial charge is 0.270 e. The van der Waals surface area contributed by atoms with Gasteiger partial charge in [0.25, 0.3) is 5.69 Å². The Morgan fingerprint density at radius 1 is 1.23 bits per heavy atom. The number of nitrogens with zero attached hydrogens (tertiary/aromatic N) is 3. The van der Waals surface area contributed by atoms with Crippen LogP contribution in [0.3, 0.4) is 0 Å². The molecule has 6 heteroatoms. The number of hydrogen-bond acceptors (Lipinski definition) is 5. The van der Waals surface area contributed by atoms with Crippen LogP contribution in [-0.4, -0.2) is 26.0 Å². The fourth-order valence-electron chi connectivity index (χ4n) is 2.17. The number of hydrogen-bond donors (Lipinski definition) is 1. The predicted octanol–water partition coefficient (Wildman–Crippen LogP) is 3.11. The predicted molar refractivity (Wildman–Crippen MR) is 83.4 cm³/mol. The van der Waals surface area contributed by atoms with E-state index in [9.17, 15) is 15.2 Å². The number of nitro benzene ring substituents is 1. The number of phenolic OH excluding ortho intramolecular Hbond substituents is 1. The van der Waals surface area contributed by atoms with E-state index in [0.29, 0.717) is 18.7 Å². The highest BCUT2D eigenvalue weighted by molar-refractivity contribution is 5.43. The van der Waals surface area contributed by atoms with E-state index in [0.717, 1.165) is 5.56 Å². The minimum atomic E-state index is -0.453. The van der Waals surface area contributed by atoms with E-state index in [4.69, 9.17) is 0 Å². The van der Waals surface area contributed by atoms with E-state index in [2.05, 4.69) is 23.7 Å². The van der Waals surface area contributed by atoms with Crippen molar-refractivity contribution in [1.29, 1.82) is 0 Å². The molecule has 0 aliphatic carbocycles. The maximum Gasteiger partial charge on any atom is 0.270 e. The first-order valence-electron chi connectivity index (χ1n) is 7.06. The fraction of sp³-hybridized carbons (Fsp3) is 0.312. The molecule has 1 aromatic heterocycles. The second-order valence-corrected chi connectivity index (χ2v) is 5.42. The van der Waals surface area contributed by atoms with E-state index < -0.39 is 4.92 Å². The van der Waals surface area contributed by atoms with Crippen molar-refractivity contribution in [2.75, 3.05) is 0 Å². The third kappa shape index (κ3) is 4.02. The lowest BCUT2D eigenvalue weighted by Gasteiger charge is -2.26. The van der Waals surface area contributed by atoms with Crippen LogP contribution in [0.5, 0.6) is 5.75 Å². The summed E-state index contributed by atoms with van der Waals surface area (Å²) in [6, 6.07) is 8.20. The van der Waals surface area contributed by atoms with Gasteiger partial charge >= 0.3 is 0 Å². The molecule has 116 valence electrons. The highest BCUT2D eigenvalue weighted by Gasteiger charge is 2.16. The molecule has 0 fully saturated rings. The van der Waals surface area contributed by atoms with Crippen molar-refractivity contribution in [2.24, 2.45) is 0 Å². The van der Waals surface area contributed by atoms with Crippen LogP contribution in [0, 0.1) is 10.1 Å². The van der Waals surface area contributed by atoms with E-state index in [-0.39, 0.29) is 17.5 Å². The summed E-state index contributed by atoms with van der Waals surface area (Å²) in [4.78, 5) is 16.6. The van der Waals surface area contributed by atoms with Crippen molar-refractivity contribution in [3.63, 3.8) is 0 Å². The number of rotatable bonds is 6.